The molecule has 0 saturated carbocycles. The molecule has 0 aliphatic heterocycles. The number of thiophene rings is 2. The summed E-state index contributed by atoms with van der Waals surface area (Å²) < 4.78 is 28.5. The third-order valence-corrected chi connectivity index (χ3v) is 14.1. The molecule has 8 rings (SSSR count). The van der Waals surface area contributed by atoms with E-state index < -0.39 is 9.84 Å². The third-order valence-electron chi connectivity index (χ3n) is 9.66. The molecule has 0 aliphatic carbocycles. The van der Waals surface area contributed by atoms with Crippen LogP contribution in [0.25, 0.3) is 73.7 Å². The Morgan fingerprint density at radius 3 is 1.80 bits per heavy atom. The van der Waals surface area contributed by atoms with E-state index in [0.717, 1.165) is 48.7 Å². The van der Waals surface area contributed by atoms with E-state index in [0.29, 0.717) is 11.3 Å². The van der Waals surface area contributed by atoms with Gasteiger partial charge in [-0.3, -0.25) is 0 Å². The van der Waals surface area contributed by atoms with Crippen LogP contribution in [0.5, 0.6) is 0 Å². The maximum atomic E-state index is 14.2. The van der Waals surface area contributed by atoms with Crippen molar-refractivity contribution in [3.05, 3.63) is 127 Å². The first-order chi connectivity index (χ1) is 24.0. The molecule has 0 fully saturated rings. The van der Waals surface area contributed by atoms with Crippen LogP contribution in [0.1, 0.15) is 45.4 Å². The van der Waals surface area contributed by atoms with Gasteiger partial charge in [0.2, 0.25) is 0 Å². The lowest BCUT2D eigenvalue weighted by molar-refractivity contribution is 0.584. The molecular formula is C44H38O2S3. The van der Waals surface area contributed by atoms with Crippen molar-refractivity contribution in [1.82, 2.24) is 0 Å². The van der Waals surface area contributed by atoms with Crippen LogP contribution in [-0.4, -0.2) is 14.2 Å². The molecule has 2 aromatic heterocycles. The van der Waals surface area contributed by atoms with Gasteiger partial charge in [0, 0.05) is 20.2 Å². The second kappa shape index (κ2) is 13.5. The first-order valence-corrected chi connectivity index (χ1v) is 20.6. The van der Waals surface area contributed by atoms with Crippen molar-refractivity contribution in [2.75, 3.05) is 5.75 Å². The van der Waals surface area contributed by atoms with Gasteiger partial charge in [0.25, 0.3) is 0 Å². The summed E-state index contributed by atoms with van der Waals surface area (Å²) in [5.74, 6) is 0.175. The normalized spacial score (nSPS) is 12.1. The van der Waals surface area contributed by atoms with Crippen LogP contribution in [0.3, 0.4) is 0 Å². The van der Waals surface area contributed by atoms with Crippen LogP contribution >= 0.6 is 22.7 Å². The quantitative estimate of drug-likeness (QED) is 0.0997. The van der Waals surface area contributed by atoms with Gasteiger partial charge in [0.1, 0.15) is 0 Å². The molecule has 0 bridgehead atoms. The molecule has 2 heterocycles. The smallest absolute Gasteiger partial charge is 0.179 e. The molecule has 6 aromatic carbocycles. The Balaban J connectivity index is 1.26. The van der Waals surface area contributed by atoms with Crippen LogP contribution in [0.2, 0.25) is 0 Å². The van der Waals surface area contributed by atoms with Gasteiger partial charge >= 0.3 is 0 Å². The standard InChI is InChI=1S/C44H38O2S3/c1-2-3-4-5-6-13-25-49(45,46)42-29-41(37-22-14-19-34-26-30-15-7-8-16-31(30)28-38(34)37)48-44(42)40-24-23-39(47-40)43-35-20-11-9-17-32(35)27-33-18-10-12-21-36(33)43/h7-12,14-24,26-29H,2-6,13,25H2,1H3. The zero-order valence-electron chi connectivity index (χ0n) is 27.6. The number of unbranched alkanes of at least 4 members (excludes halogenated alkanes) is 5. The largest absolute Gasteiger partial charge is 0.224 e. The Morgan fingerprint density at radius 2 is 1.06 bits per heavy atom. The van der Waals surface area contributed by atoms with Crippen LogP contribution in [0.15, 0.2) is 132 Å². The van der Waals surface area contributed by atoms with Crippen LogP contribution < -0.4 is 0 Å². The number of sulfone groups is 1. The first kappa shape index (κ1) is 31.9. The number of hydrogen-bond donors (Lipinski definition) is 0. The van der Waals surface area contributed by atoms with Crippen LogP contribution in [0, 0.1) is 0 Å². The van der Waals surface area contributed by atoms with Crippen molar-refractivity contribution in [2.24, 2.45) is 0 Å². The fourth-order valence-corrected chi connectivity index (χ4v) is 11.6. The summed E-state index contributed by atoms with van der Waals surface area (Å²) >= 11 is 3.31. The molecule has 8 aromatic rings. The van der Waals surface area contributed by atoms with E-state index in [-0.39, 0.29) is 5.75 Å². The Morgan fingerprint density at radius 1 is 0.490 bits per heavy atom. The van der Waals surface area contributed by atoms with E-state index in [1.54, 1.807) is 22.7 Å². The molecule has 0 saturated heterocycles. The van der Waals surface area contributed by atoms with Gasteiger partial charge in [-0.2, -0.15) is 0 Å². The average Bonchev–Trinajstić information content (AvgIpc) is 3.80. The molecule has 2 nitrogen and oxygen atoms in total. The van der Waals surface area contributed by atoms with Crippen molar-refractivity contribution in [3.8, 4) is 30.6 Å². The molecule has 0 radical (unpaired) electrons. The number of hydrogen-bond acceptors (Lipinski definition) is 4. The summed E-state index contributed by atoms with van der Waals surface area (Å²) in [5.41, 5.74) is 2.28. The monoisotopic (exact) mass is 694 g/mol. The number of benzene rings is 6. The van der Waals surface area contributed by atoms with Gasteiger partial charge in [0.05, 0.1) is 15.5 Å². The lowest BCUT2D eigenvalue weighted by Crippen LogP contribution is -2.06. The van der Waals surface area contributed by atoms with Crippen LogP contribution in [-0.2, 0) is 9.84 Å². The van der Waals surface area contributed by atoms with Gasteiger partial charge in [-0.25, -0.2) is 8.42 Å². The van der Waals surface area contributed by atoms with Crippen molar-refractivity contribution in [1.29, 1.82) is 0 Å². The summed E-state index contributed by atoms with van der Waals surface area (Å²) in [5, 5.41) is 9.51. The Hall–Kier alpha value is -4.29. The van der Waals surface area contributed by atoms with Gasteiger partial charge in [-0.05, 0) is 91.5 Å². The topological polar surface area (TPSA) is 34.1 Å². The lowest BCUT2D eigenvalue weighted by atomic mass is 9.96. The molecule has 5 heteroatoms. The predicted octanol–water partition coefficient (Wildman–Crippen LogP) is 13.6. The maximum Gasteiger partial charge on any atom is 0.179 e. The zero-order valence-corrected chi connectivity index (χ0v) is 30.1. The second-order valence-electron chi connectivity index (χ2n) is 13.0. The average molecular weight is 695 g/mol. The molecule has 49 heavy (non-hydrogen) atoms. The minimum absolute atomic E-state index is 0.175. The van der Waals surface area contributed by atoms with Gasteiger partial charge in [-0.1, -0.05) is 130 Å². The van der Waals surface area contributed by atoms with Crippen molar-refractivity contribution in [2.45, 2.75) is 50.3 Å². The summed E-state index contributed by atoms with van der Waals surface area (Å²) in [6.45, 7) is 2.21. The summed E-state index contributed by atoms with van der Waals surface area (Å²) in [6, 6.07) is 44.9. The van der Waals surface area contributed by atoms with E-state index >= 15 is 0 Å². The van der Waals surface area contributed by atoms with E-state index in [1.807, 2.05) is 6.07 Å². The highest BCUT2D eigenvalue weighted by Gasteiger charge is 2.26. The highest BCUT2D eigenvalue weighted by Crippen LogP contribution is 2.48. The van der Waals surface area contributed by atoms with E-state index in [4.69, 9.17) is 0 Å². The third kappa shape index (κ3) is 6.20. The number of rotatable bonds is 11. The van der Waals surface area contributed by atoms with Crippen molar-refractivity contribution in [3.63, 3.8) is 0 Å². The molecule has 0 unspecified atom stereocenters. The zero-order chi connectivity index (χ0) is 33.4. The summed E-state index contributed by atoms with van der Waals surface area (Å²) in [4.78, 5) is 4.45. The highest BCUT2D eigenvalue weighted by atomic mass is 32.2. The molecule has 0 aliphatic rings. The minimum atomic E-state index is -3.51. The molecule has 0 atom stereocenters. The Labute approximate surface area is 296 Å². The van der Waals surface area contributed by atoms with Crippen molar-refractivity contribution < 1.29 is 8.42 Å². The fraction of sp³-hybridized carbons (Fsp3) is 0.182. The van der Waals surface area contributed by atoms with E-state index in [1.165, 1.54) is 57.1 Å². The minimum Gasteiger partial charge on any atom is -0.224 e. The predicted molar refractivity (Wildman–Crippen MR) is 214 cm³/mol. The second-order valence-corrected chi connectivity index (χ2v) is 17.2. The Bertz CT molecular complexity index is 2520. The molecular weight excluding hydrogens is 657 g/mol. The van der Waals surface area contributed by atoms with Crippen LogP contribution in [0.4, 0.5) is 0 Å². The lowest BCUT2D eigenvalue weighted by Gasteiger charge is -2.10. The maximum absolute atomic E-state index is 14.2. The van der Waals surface area contributed by atoms with Gasteiger partial charge in [0.15, 0.2) is 9.84 Å². The molecule has 0 N–H and O–H groups in total. The highest BCUT2D eigenvalue weighted by molar-refractivity contribution is 7.91. The van der Waals surface area contributed by atoms with Gasteiger partial charge < -0.3 is 0 Å². The summed E-state index contributed by atoms with van der Waals surface area (Å²) in [7, 11) is -3.51. The Kier molecular flexibility index (Phi) is 8.83. The number of fused-ring (bicyclic) bond motifs is 4. The molecule has 244 valence electrons. The van der Waals surface area contributed by atoms with E-state index in [9.17, 15) is 8.42 Å². The summed E-state index contributed by atoms with van der Waals surface area (Å²) in [6.07, 6.45) is 6.27. The van der Waals surface area contributed by atoms with Crippen molar-refractivity contribution >= 4 is 75.6 Å². The first-order valence-electron chi connectivity index (χ1n) is 17.3. The SMILES string of the molecule is CCCCCCCCS(=O)(=O)c1cc(-c2cccc3cc4ccccc4cc23)sc1-c1ccc(-c2c3ccccc3cc3ccccc23)s1. The van der Waals surface area contributed by atoms with E-state index in [2.05, 4.69) is 128 Å². The van der Waals surface area contributed by atoms with Gasteiger partial charge in [-0.15, -0.1) is 22.7 Å². The fourth-order valence-electron chi connectivity index (χ4n) is 7.15. The molecule has 0 spiro atoms. The molecule has 0 amide bonds.